The van der Waals surface area contributed by atoms with Crippen molar-refractivity contribution in [2.24, 2.45) is 5.73 Å². The topological polar surface area (TPSA) is 53.7 Å². The van der Waals surface area contributed by atoms with Gasteiger partial charge in [-0.2, -0.15) is 0 Å². The third-order valence-corrected chi connectivity index (χ3v) is 4.64. The van der Waals surface area contributed by atoms with Gasteiger partial charge in [-0.15, -0.1) is 0 Å². The highest BCUT2D eigenvalue weighted by Crippen LogP contribution is 2.41. The average Bonchev–Trinajstić information content (AvgIpc) is 2.55. The summed E-state index contributed by atoms with van der Waals surface area (Å²) in [6.07, 6.45) is 3.83. The molecule has 0 saturated carbocycles. The predicted octanol–water partition coefficient (Wildman–Crippen LogP) is 2.60. The highest BCUT2D eigenvalue weighted by molar-refractivity contribution is 5.45. The first-order valence-corrected chi connectivity index (χ1v) is 7.99. The van der Waals surface area contributed by atoms with Gasteiger partial charge in [-0.05, 0) is 25.3 Å². The van der Waals surface area contributed by atoms with Crippen LogP contribution >= 0.6 is 0 Å². The smallest absolute Gasteiger partial charge is 0.127 e. The fourth-order valence-corrected chi connectivity index (χ4v) is 3.49. The molecule has 2 N–H and O–H groups in total. The van der Waals surface area contributed by atoms with E-state index < -0.39 is 0 Å². The summed E-state index contributed by atoms with van der Waals surface area (Å²) < 4.78 is 17.5. The van der Waals surface area contributed by atoms with Crippen LogP contribution in [-0.2, 0) is 15.9 Å². The Morgan fingerprint density at radius 1 is 1.29 bits per heavy atom. The van der Waals surface area contributed by atoms with Gasteiger partial charge in [-0.25, -0.2) is 0 Å². The lowest BCUT2D eigenvalue weighted by atomic mass is 9.81. The number of ether oxygens (including phenoxy) is 3. The zero-order chi connectivity index (χ0) is 14.7. The Labute approximate surface area is 126 Å². The minimum atomic E-state index is -0.330. The van der Waals surface area contributed by atoms with Gasteiger partial charge in [0.05, 0.1) is 18.2 Å². The number of rotatable bonds is 4. The van der Waals surface area contributed by atoms with Crippen molar-refractivity contribution >= 4 is 0 Å². The molecule has 1 unspecified atom stereocenters. The van der Waals surface area contributed by atoms with E-state index in [1.54, 1.807) is 0 Å². The third-order valence-electron chi connectivity index (χ3n) is 4.64. The van der Waals surface area contributed by atoms with Crippen molar-refractivity contribution in [2.45, 2.75) is 44.2 Å². The maximum absolute atomic E-state index is 6.65. The summed E-state index contributed by atoms with van der Waals surface area (Å²) in [5, 5.41) is 0. The molecule has 21 heavy (non-hydrogen) atoms. The van der Waals surface area contributed by atoms with E-state index in [9.17, 15) is 0 Å². The van der Waals surface area contributed by atoms with Crippen molar-refractivity contribution in [2.75, 3.05) is 26.4 Å². The molecule has 0 radical (unpaired) electrons. The van der Waals surface area contributed by atoms with Crippen LogP contribution in [0.4, 0.5) is 0 Å². The van der Waals surface area contributed by atoms with Gasteiger partial charge in [-0.3, -0.25) is 0 Å². The summed E-state index contributed by atoms with van der Waals surface area (Å²) >= 11 is 0. The number of hydrogen-bond acceptors (Lipinski definition) is 4. The Hall–Kier alpha value is -1.10. The lowest BCUT2D eigenvalue weighted by molar-refractivity contribution is -0.122. The Bertz CT molecular complexity index is 477. The van der Waals surface area contributed by atoms with Gasteiger partial charge in [0, 0.05) is 38.2 Å². The van der Waals surface area contributed by atoms with E-state index in [2.05, 4.69) is 18.2 Å². The van der Waals surface area contributed by atoms with Crippen LogP contribution in [-0.4, -0.2) is 32.0 Å². The van der Waals surface area contributed by atoms with Crippen molar-refractivity contribution in [3.05, 3.63) is 29.3 Å². The standard InChI is InChI=1S/C17H25NO3/c1-2-21-17(8-11-19-12-9-17)16(18)14-7-3-5-13-6-4-10-20-15(13)14/h3,5,7,16H,2,4,6,8-12,18H2,1H3. The van der Waals surface area contributed by atoms with Crippen molar-refractivity contribution in [3.63, 3.8) is 0 Å². The minimum absolute atomic E-state index is 0.172. The fourth-order valence-electron chi connectivity index (χ4n) is 3.49. The molecule has 1 atom stereocenters. The summed E-state index contributed by atoms with van der Waals surface area (Å²) in [6, 6.07) is 6.14. The minimum Gasteiger partial charge on any atom is -0.493 e. The molecule has 1 aromatic rings. The van der Waals surface area contributed by atoms with Crippen LogP contribution in [0.25, 0.3) is 0 Å². The van der Waals surface area contributed by atoms with Gasteiger partial charge >= 0.3 is 0 Å². The zero-order valence-electron chi connectivity index (χ0n) is 12.8. The van der Waals surface area contributed by atoms with E-state index in [0.717, 1.165) is 43.6 Å². The van der Waals surface area contributed by atoms with E-state index in [4.69, 9.17) is 19.9 Å². The second kappa shape index (κ2) is 6.34. The number of fused-ring (bicyclic) bond motifs is 1. The Morgan fingerprint density at radius 2 is 2.10 bits per heavy atom. The Morgan fingerprint density at radius 3 is 2.86 bits per heavy atom. The summed E-state index contributed by atoms with van der Waals surface area (Å²) in [6.45, 7) is 4.90. The maximum Gasteiger partial charge on any atom is 0.127 e. The normalized spacial score (nSPS) is 22.2. The van der Waals surface area contributed by atoms with Gasteiger partial charge < -0.3 is 19.9 Å². The molecular formula is C17H25NO3. The SMILES string of the molecule is CCOC1(C(N)c2cccc3c2OCCC3)CCOCC1. The lowest BCUT2D eigenvalue weighted by Crippen LogP contribution is -2.48. The molecule has 1 fully saturated rings. The van der Waals surface area contributed by atoms with Crippen molar-refractivity contribution in [3.8, 4) is 5.75 Å². The molecule has 4 nitrogen and oxygen atoms in total. The molecule has 0 aromatic heterocycles. The first kappa shape index (κ1) is 14.8. The van der Waals surface area contributed by atoms with Crippen molar-refractivity contribution < 1.29 is 14.2 Å². The van der Waals surface area contributed by atoms with E-state index in [0.29, 0.717) is 19.8 Å². The molecule has 3 rings (SSSR count). The molecule has 2 heterocycles. The molecule has 0 spiro atoms. The highest BCUT2D eigenvalue weighted by atomic mass is 16.5. The molecule has 4 heteroatoms. The van der Waals surface area contributed by atoms with Crippen LogP contribution in [0.3, 0.4) is 0 Å². The summed E-state index contributed by atoms with van der Waals surface area (Å²) in [5.74, 6) is 0.988. The van der Waals surface area contributed by atoms with Gasteiger partial charge in [0.1, 0.15) is 5.75 Å². The first-order valence-electron chi connectivity index (χ1n) is 7.99. The van der Waals surface area contributed by atoms with Crippen LogP contribution in [0.2, 0.25) is 0 Å². The maximum atomic E-state index is 6.65. The second-order valence-electron chi connectivity index (χ2n) is 5.88. The van der Waals surface area contributed by atoms with E-state index in [-0.39, 0.29) is 11.6 Å². The molecular weight excluding hydrogens is 266 g/mol. The highest BCUT2D eigenvalue weighted by Gasteiger charge is 2.41. The van der Waals surface area contributed by atoms with Gasteiger partial charge in [-0.1, -0.05) is 18.2 Å². The molecule has 0 aliphatic carbocycles. The Balaban J connectivity index is 1.94. The average molecular weight is 291 g/mol. The molecule has 2 aliphatic heterocycles. The third kappa shape index (κ3) is 2.80. The van der Waals surface area contributed by atoms with E-state index in [1.807, 2.05) is 6.92 Å². The quantitative estimate of drug-likeness (QED) is 0.926. The summed E-state index contributed by atoms with van der Waals surface area (Å²) in [5.41, 5.74) is 8.68. The van der Waals surface area contributed by atoms with Crippen molar-refractivity contribution in [1.29, 1.82) is 0 Å². The lowest BCUT2D eigenvalue weighted by Gasteiger charge is -2.42. The monoisotopic (exact) mass is 291 g/mol. The van der Waals surface area contributed by atoms with Crippen molar-refractivity contribution in [1.82, 2.24) is 0 Å². The second-order valence-corrected chi connectivity index (χ2v) is 5.88. The van der Waals surface area contributed by atoms with Gasteiger partial charge in [0.2, 0.25) is 0 Å². The fraction of sp³-hybridized carbons (Fsp3) is 0.647. The van der Waals surface area contributed by atoms with Crippen LogP contribution in [0.5, 0.6) is 5.75 Å². The van der Waals surface area contributed by atoms with Crippen LogP contribution < -0.4 is 10.5 Å². The van der Waals surface area contributed by atoms with E-state index >= 15 is 0 Å². The molecule has 2 aliphatic rings. The predicted molar refractivity (Wildman–Crippen MR) is 81.6 cm³/mol. The number of aryl methyl sites for hydroxylation is 1. The van der Waals surface area contributed by atoms with Gasteiger partial charge in [0.15, 0.2) is 0 Å². The number of nitrogens with two attached hydrogens (primary N) is 1. The molecule has 1 aromatic carbocycles. The Kier molecular flexibility index (Phi) is 4.48. The zero-order valence-corrected chi connectivity index (χ0v) is 12.8. The number of para-hydroxylation sites is 1. The molecule has 1 saturated heterocycles. The summed E-state index contributed by atoms with van der Waals surface area (Å²) in [4.78, 5) is 0. The van der Waals surface area contributed by atoms with Crippen LogP contribution in [0.1, 0.15) is 43.4 Å². The first-order chi connectivity index (χ1) is 10.3. The molecule has 0 amide bonds. The molecule has 0 bridgehead atoms. The largest absolute Gasteiger partial charge is 0.493 e. The molecule has 116 valence electrons. The van der Waals surface area contributed by atoms with Crippen LogP contribution in [0, 0.1) is 0 Å². The van der Waals surface area contributed by atoms with Gasteiger partial charge in [0.25, 0.3) is 0 Å². The number of hydrogen-bond donors (Lipinski definition) is 1. The van der Waals surface area contributed by atoms with E-state index in [1.165, 1.54) is 5.56 Å². The summed E-state index contributed by atoms with van der Waals surface area (Å²) in [7, 11) is 0. The number of benzene rings is 1. The van der Waals surface area contributed by atoms with Crippen LogP contribution in [0.15, 0.2) is 18.2 Å².